The van der Waals surface area contributed by atoms with Gasteiger partial charge in [-0.25, -0.2) is 0 Å². The first-order valence-electron chi connectivity index (χ1n) is 9.42. The summed E-state index contributed by atoms with van der Waals surface area (Å²) in [5.74, 6) is 1.44. The van der Waals surface area contributed by atoms with E-state index in [-0.39, 0.29) is 17.6 Å². The molecule has 0 N–H and O–H groups in total. The van der Waals surface area contributed by atoms with Crippen molar-refractivity contribution in [3.63, 3.8) is 0 Å². The Labute approximate surface area is 158 Å². The number of rotatable bonds is 3. The minimum absolute atomic E-state index is 0.0540. The maximum atomic E-state index is 12.9. The summed E-state index contributed by atoms with van der Waals surface area (Å²) in [6.07, 6.45) is 1.37. The van der Waals surface area contributed by atoms with Crippen LogP contribution in [0, 0.1) is 12.8 Å². The first kappa shape index (κ1) is 17.6. The van der Waals surface area contributed by atoms with Gasteiger partial charge in [-0.3, -0.25) is 9.59 Å². The van der Waals surface area contributed by atoms with E-state index in [1.807, 2.05) is 36.1 Å². The van der Waals surface area contributed by atoms with Crippen LogP contribution in [-0.4, -0.2) is 42.9 Å². The van der Waals surface area contributed by atoms with E-state index in [0.29, 0.717) is 56.2 Å². The molecule has 5 nitrogen and oxygen atoms in total. The zero-order valence-electron chi connectivity index (χ0n) is 15.4. The second-order valence-corrected chi connectivity index (χ2v) is 7.10. The van der Waals surface area contributed by atoms with Crippen LogP contribution >= 0.6 is 0 Å². The third kappa shape index (κ3) is 3.54. The van der Waals surface area contributed by atoms with E-state index in [9.17, 15) is 9.59 Å². The SMILES string of the molecule is Cc1ccccc1C(=O)N1CCC(C(=O)c2ccc3c(c2)OCCO3)CC1. The first-order chi connectivity index (χ1) is 13.1. The predicted molar refractivity (Wildman–Crippen MR) is 102 cm³/mol. The molecule has 27 heavy (non-hydrogen) atoms. The van der Waals surface area contributed by atoms with Crippen LogP contribution in [0.25, 0.3) is 0 Å². The molecule has 4 rings (SSSR count). The van der Waals surface area contributed by atoms with E-state index in [2.05, 4.69) is 0 Å². The lowest BCUT2D eigenvalue weighted by atomic mass is 9.88. The molecule has 0 aromatic heterocycles. The van der Waals surface area contributed by atoms with E-state index in [4.69, 9.17) is 9.47 Å². The summed E-state index contributed by atoms with van der Waals surface area (Å²) in [7, 11) is 0. The predicted octanol–water partition coefficient (Wildman–Crippen LogP) is 3.50. The number of carbonyl (C=O) groups is 2. The number of aryl methyl sites for hydroxylation is 1. The number of ketones is 1. The van der Waals surface area contributed by atoms with Crippen LogP contribution in [0.3, 0.4) is 0 Å². The summed E-state index contributed by atoms with van der Waals surface area (Å²) in [6.45, 7) is 4.20. The number of nitrogens with zero attached hydrogens (tertiary/aromatic N) is 1. The van der Waals surface area contributed by atoms with Gasteiger partial charge < -0.3 is 14.4 Å². The number of fused-ring (bicyclic) bond motifs is 1. The molecule has 140 valence electrons. The fourth-order valence-electron chi connectivity index (χ4n) is 3.76. The lowest BCUT2D eigenvalue weighted by Gasteiger charge is -2.32. The van der Waals surface area contributed by atoms with Gasteiger partial charge in [0.15, 0.2) is 17.3 Å². The van der Waals surface area contributed by atoms with Crippen molar-refractivity contribution in [1.29, 1.82) is 0 Å². The van der Waals surface area contributed by atoms with Crippen molar-refractivity contribution in [2.75, 3.05) is 26.3 Å². The summed E-state index contributed by atoms with van der Waals surface area (Å²) in [6, 6.07) is 13.0. The van der Waals surface area contributed by atoms with Gasteiger partial charge in [0.2, 0.25) is 0 Å². The number of hydrogen-bond acceptors (Lipinski definition) is 4. The van der Waals surface area contributed by atoms with Gasteiger partial charge in [0.25, 0.3) is 5.91 Å². The highest BCUT2D eigenvalue weighted by molar-refractivity contribution is 5.99. The molecule has 2 aromatic carbocycles. The number of hydrogen-bond donors (Lipinski definition) is 0. The molecule has 2 aliphatic heterocycles. The van der Waals surface area contributed by atoms with Crippen molar-refractivity contribution in [3.8, 4) is 11.5 Å². The second-order valence-electron chi connectivity index (χ2n) is 7.10. The highest BCUT2D eigenvalue weighted by atomic mass is 16.6. The summed E-state index contributed by atoms with van der Waals surface area (Å²) in [5, 5.41) is 0. The Kier molecular flexibility index (Phi) is 4.84. The standard InChI is InChI=1S/C22H23NO4/c1-15-4-2-3-5-18(15)22(25)23-10-8-16(9-11-23)21(24)17-6-7-19-20(14-17)27-13-12-26-19/h2-7,14,16H,8-13H2,1H3. The number of amides is 1. The van der Waals surface area contributed by atoms with E-state index in [0.717, 1.165) is 11.1 Å². The maximum Gasteiger partial charge on any atom is 0.254 e. The number of likely N-dealkylation sites (tertiary alicyclic amines) is 1. The number of carbonyl (C=O) groups excluding carboxylic acids is 2. The second kappa shape index (κ2) is 7.43. The van der Waals surface area contributed by atoms with E-state index < -0.39 is 0 Å². The highest BCUT2D eigenvalue weighted by Gasteiger charge is 2.29. The molecule has 1 saturated heterocycles. The summed E-state index contributed by atoms with van der Waals surface area (Å²) < 4.78 is 11.1. The van der Waals surface area contributed by atoms with Crippen LogP contribution in [0.15, 0.2) is 42.5 Å². The number of ether oxygens (including phenoxy) is 2. The third-order valence-electron chi connectivity index (χ3n) is 5.36. The smallest absolute Gasteiger partial charge is 0.254 e. The van der Waals surface area contributed by atoms with Crippen molar-refractivity contribution in [1.82, 2.24) is 4.90 Å². The topological polar surface area (TPSA) is 55.8 Å². The molecule has 0 bridgehead atoms. The van der Waals surface area contributed by atoms with Gasteiger partial charge in [-0.1, -0.05) is 18.2 Å². The fraction of sp³-hybridized carbons (Fsp3) is 0.364. The highest BCUT2D eigenvalue weighted by Crippen LogP contribution is 2.32. The van der Waals surface area contributed by atoms with E-state index in [1.165, 1.54) is 0 Å². The Balaban J connectivity index is 1.41. The van der Waals surface area contributed by atoms with E-state index in [1.54, 1.807) is 18.2 Å². The molecule has 0 radical (unpaired) electrons. The molecule has 2 aliphatic rings. The largest absolute Gasteiger partial charge is 0.486 e. The minimum Gasteiger partial charge on any atom is -0.486 e. The van der Waals surface area contributed by atoms with E-state index >= 15 is 0 Å². The lowest BCUT2D eigenvalue weighted by molar-refractivity contribution is 0.0649. The fourth-order valence-corrected chi connectivity index (χ4v) is 3.76. The normalized spacial score (nSPS) is 16.9. The molecule has 0 saturated carbocycles. The number of benzene rings is 2. The van der Waals surface area contributed by atoms with Crippen molar-refractivity contribution < 1.29 is 19.1 Å². The average Bonchev–Trinajstić information content (AvgIpc) is 2.73. The summed E-state index contributed by atoms with van der Waals surface area (Å²) in [5.41, 5.74) is 2.38. The molecule has 0 aliphatic carbocycles. The summed E-state index contributed by atoms with van der Waals surface area (Å²) in [4.78, 5) is 27.5. The van der Waals surface area contributed by atoms with Gasteiger partial charge in [-0.2, -0.15) is 0 Å². The van der Waals surface area contributed by atoms with Crippen LogP contribution in [-0.2, 0) is 0 Å². The first-order valence-corrected chi connectivity index (χ1v) is 9.42. The Morgan fingerprint density at radius 2 is 1.67 bits per heavy atom. The minimum atomic E-state index is -0.0616. The van der Waals surface area contributed by atoms with Crippen LogP contribution in [0.5, 0.6) is 11.5 Å². The zero-order chi connectivity index (χ0) is 18.8. The Morgan fingerprint density at radius 1 is 0.963 bits per heavy atom. The molecular formula is C22H23NO4. The Bertz CT molecular complexity index is 868. The van der Waals surface area contributed by atoms with Gasteiger partial charge in [-0.05, 0) is 49.6 Å². The molecule has 0 unspecified atom stereocenters. The van der Waals surface area contributed by atoms with Crippen LogP contribution in [0.1, 0.15) is 39.1 Å². The molecule has 2 heterocycles. The quantitative estimate of drug-likeness (QED) is 0.781. The van der Waals surface area contributed by atoms with Crippen molar-refractivity contribution in [2.45, 2.75) is 19.8 Å². The van der Waals surface area contributed by atoms with Crippen LogP contribution in [0.4, 0.5) is 0 Å². The number of piperidine rings is 1. The molecule has 5 heteroatoms. The van der Waals surface area contributed by atoms with Crippen molar-refractivity contribution in [3.05, 3.63) is 59.2 Å². The van der Waals surface area contributed by atoms with Gasteiger partial charge in [0.1, 0.15) is 13.2 Å². The Hall–Kier alpha value is -2.82. The molecular weight excluding hydrogens is 342 g/mol. The monoisotopic (exact) mass is 365 g/mol. The number of Topliss-reactive ketones (excluding diaryl/α,β-unsaturated/α-hetero) is 1. The van der Waals surface area contributed by atoms with Crippen molar-refractivity contribution >= 4 is 11.7 Å². The zero-order valence-corrected chi connectivity index (χ0v) is 15.4. The summed E-state index contributed by atoms with van der Waals surface area (Å²) >= 11 is 0. The average molecular weight is 365 g/mol. The van der Waals surface area contributed by atoms with Crippen LogP contribution in [0.2, 0.25) is 0 Å². The molecule has 0 atom stereocenters. The maximum absolute atomic E-state index is 12.9. The third-order valence-corrected chi connectivity index (χ3v) is 5.36. The lowest BCUT2D eigenvalue weighted by Crippen LogP contribution is -2.40. The van der Waals surface area contributed by atoms with Crippen molar-refractivity contribution in [2.24, 2.45) is 5.92 Å². The van der Waals surface area contributed by atoms with Gasteiger partial charge >= 0.3 is 0 Å². The van der Waals surface area contributed by atoms with Crippen LogP contribution < -0.4 is 9.47 Å². The molecule has 1 fully saturated rings. The molecule has 2 aromatic rings. The van der Waals surface area contributed by atoms with Gasteiger partial charge in [-0.15, -0.1) is 0 Å². The molecule has 0 spiro atoms. The Morgan fingerprint density at radius 3 is 2.41 bits per heavy atom. The van der Waals surface area contributed by atoms with Gasteiger partial charge in [0, 0.05) is 30.1 Å². The van der Waals surface area contributed by atoms with Gasteiger partial charge in [0.05, 0.1) is 0 Å². The molecule has 1 amide bonds.